The first-order chi connectivity index (χ1) is 12.8. The largest absolute Gasteiger partial charge is 0.512 e. The van der Waals surface area contributed by atoms with Crippen molar-refractivity contribution in [1.82, 2.24) is 4.31 Å². The molecule has 144 valence electrons. The van der Waals surface area contributed by atoms with Gasteiger partial charge in [-0.25, -0.2) is 13.4 Å². The SMILES string of the molecule is N=C1C=C(O)CC(SCC(=O)Nc2ccc(S(=O)(=O)N3CCCC3)cc2)=N1. The third kappa shape index (κ3) is 4.96. The van der Waals surface area contributed by atoms with E-state index < -0.39 is 10.0 Å². The molecule has 0 unspecified atom stereocenters. The van der Waals surface area contributed by atoms with E-state index in [9.17, 15) is 18.3 Å². The molecule has 0 saturated carbocycles. The normalized spacial score (nSPS) is 18.1. The fourth-order valence-electron chi connectivity index (χ4n) is 2.79. The van der Waals surface area contributed by atoms with Crippen LogP contribution in [0.2, 0.25) is 0 Å². The molecule has 1 amide bonds. The van der Waals surface area contributed by atoms with Crippen molar-refractivity contribution in [2.75, 3.05) is 24.2 Å². The number of thioether (sulfide) groups is 1. The van der Waals surface area contributed by atoms with Crippen molar-refractivity contribution in [2.24, 2.45) is 4.99 Å². The highest BCUT2D eigenvalue weighted by Gasteiger charge is 2.26. The average Bonchev–Trinajstić information content (AvgIpc) is 3.15. The Balaban J connectivity index is 1.55. The lowest BCUT2D eigenvalue weighted by molar-refractivity contribution is -0.113. The van der Waals surface area contributed by atoms with Crippen molar-refractivity contribution in [2.45, 2.75) is 24.2 Å². The van der Waals surface area contributed by atoms with Crippen molar-refractivity contribution >= 4 is 44.3 Å². The Morgan fingerprint density at radius 2 is 1.93 bits per heavy atom. The lowest BCUT2D eigenvalue weighted by atomic mass is 10.3. The number of allylic oxidation sites excluding steroid dienone is 1. The number of nitrogens with zero attached hydrogens (tertiary/aromatic N) is 2. The van der Waals surface area contributed by atoms with Crippen LogP contribution in [0.1, 0.15) is 19.3 Å². The summed E-state index contributed by atoms with van der Waals surface area (Å²) in [5, 5.41) is 20.2. The molecular formula is C17H20N4O4S2. The minimum Gasteiger partial charge on any atom is -0.512 e. The lowest BCUT2D eigenvalue weighted by Crippen LogP contribution is -2.27. The molecule has 3 N–H and O–H groups in total. The molecule has 2 aliphatic rings. The Kier molecular flexibility index (Phi) is 5.98. The third-order valence-electron chi connectivity index (χ3n) is 4.09. The number of hydrogen-bond acceptors (Lipinski definition) is 6. The van der Waals surface area contributed by atoms with E-state index in [1.165, 1.54) is 22.5 Å². The fourth-order valence-corrected chi connectivity index (χ4v) is 5.09. The van der Waals surface area contributed by atoms with Crippen LogP contribution in [0.5, 0.6) is 0 Å². The van der Waals surface area contributed by atoms with Crippen LogP contribution in [0.3, 0.4) is 0 Å². The number of sulfonamides is 1. The predicted octanol–water partition coefficient (Wildman–Crippen LogP) is 2.36. The zero-order chi connectivity index (χ0) is 19.4. The molecule has 0 radical (unpaired) electrons. The molecule has 3 rings (SSSR count). The van der Waals surface area contributed by atoms with Gasteiger partial charge in [-0.2, -0.15) is 4.31 Å². The van der Waals surface area contributed by atoms with Gasteiger partial charge >= 0.3 is 0 Å². The van der Waals surface area contributed by atoms with Crippen LogP contribution in [0.4, 0.5) is 5.69 Å². The summed E-state index contributed by atoms with van der Waals surface area (Å²) < 4.78 is 26.4. The number of amidine groups is 1. The van der Waals surface area contributed by atoms with E-state index in [0.717, 1.165) is 24.6 Å². The first-order valence-electron chi connectivity index (χ1n) is 8.43. The highest BCUT2D eigenvalue weighted by atomic mass is 32.2. The van der Waals surface area contributed by atoms with E-state index in [1.807, 2.05) is 0 Å². The number of carbonyl (C=O) groups is 1. The van der Waals surface area contributed by atoms with Gasteiger partial charge in [-0.05, 0) is 37.1 Å². The number of hydrogen-bond donors (Lipinski definition) is 3. The highest BCUT2D eigenvalue weighted by molar-refractivity contribution is 8.14. The maximum absolute atomic E-state index is 12.5. The van der Waals surface area contributed by atoms with Gasteiger partial charge < -0.3 is 10.4 Å². The van der Waals surface area contributed by atoms with Crippen LogP contribution in [0.25, 0.3) is 0 Å². The van der Waals surface area contributed by atoms with Crippen LogP contribution < -0.4 is 5.32 Å². The summed E-state index contributed by atoms with van der Waals surface area (Å²) >= 11 is 1.15. The molecule has 0 atom stereocenters. The van der Waals surface area contributed by atoms with Crippen molar-refractivity contribution in [3.05, 3.63) is 36.1 Å². The number of amides is 1. The quantitative estimate of drug-likeness (QED) is 0.690. The number of rotatable bonds is 5. The second kappa shape index (κ2) is 8.24. The number of benzene rings is 1. The molecule has 1 aromatic rings. The Morgan fingerprint density at radius 3 is 2.56 bits per heavy atom. The molecule has 0 aliphatic carbocycles. The van der Waals surface area contributed by atoms with E-state index in [4.69, 9.17) is 5.41 Å². The van der Waals surface area contributed by atoms with Gasteiger partial charge in [0, 0.05) is 24.9 Å². The van der Waals surface area contributed by atoms with Gasteiger partial charge in [-0.15, -0.1) is 11.8 Å². The van der Waals surface area contributed by atoms with E-state index in [0.29, 0.717) is 23.8 Å². The van der Waals surface area contributed by atoms with Crippen molar-refractivity contribution in [3.63, 3.8) is 0 Å². The maximum atomic E-state index is 12.5. The van der Waals surface area contributed by atoms with Crippen LogP contribution in [-0.2, 0) is 14.8 Å². The predicted molar refractivity (Wildman–Crippen MR) is 106 cm³/mol. The molecular weight excluding hydrogens is 388 g/mol. The average molecular weight is 409 g/mol. The van der Waals surface area contributed by atoms with Gasteiger partial charge in [0.2, 0.25) is 15.9 Å². The monoisotopic (exact) mass is 408 g/mol. The topological polar surface area (TPSA) is 123 Å². The number of aliphatic hydroxyl groups excluding tert-OH is 1. The fraction of sp³-hybridized carbons (Fsp3) is 0.353. The molecule has 27 heavy (non-hydrogen) atoms. The summed E-state index contributed by atoms with van der Waals surface area (Å²) in [6.45, 7) is 1.09. The van der Waals surface area contributed by atoms with E-state index in [2.05, 4.69) is 10.3 Å². The second-order valence-electron chi connectivity index (χ2n) is 6.18. The number of anilines is 1. The molecule has 1 saturated heterocycles. The molecule has 1 aromatic carbocycles. The van der Waals surface area contributed by atoms with Crippen LogP contribution >= 0.6 is 11.8 Å². The molecule has 2 heterocycles. The van der Waals surface area contributed by atoms with Crippen molar-refractivity contribution in [1.29, 1.82) is 5.41 Å². The molecule has 8 nitrogen and oxygen atoms in total. The lowest BCUT2D eigenvalue weighted by Gasteiger charge is -2.15. The van der Waals surface area contributed by atoms with Crippen LogP contribution in [-0.4, -0.2) is 53.5 Å². The standard InChI is InChI=1S/C17H20N4O4S2/c18-15-9-13(22)10-17(20-15)26-11-16(23)19-12-3-5-14(6-4-12)27(24,25)21-7-1-2-8-21/h3-6,9,18,22H,1-2,7-8,10-11H2,(H,19,23). The van der Waals surface area contributed by atoms with Gasteiger partial charge in [0.05, 0.1) is 22.1 Å². The number of aliphatic imine (C=N–C) groups is 1. The highest BCUT2D eigenvalue weighted by Crippen LogP contribution is 2.22. The van der Waals surface area contributed by atoms with Gasteiger partial charge in [0.25, 0.3) is 0 Å². The van der Waals surface area contributed by atoms with E-state index >= 15 is 0 Å². The Labute approximate surface area is 161 Å². The minimum atomic E-state index is -3.47. The molecule has 10 heteroatoms. The third-order valence-corrected chi connectivity index (χ3v) is 6.98. The van der Waals surface area contributed by atoms with Gasteiger partial charge in [-0.1, -0.05) is 0 Å². The molecule has 2 aliphatic heterocycles. The Bertz CT molecular complexity index is 901. The first kappa shape index (κ1) is 19.6. The summed E-state index contributed by atoms with van der Waals surface area (Å²) in [5.74, 6) is -0.199. The van der Waals surface area contributed by atoms with E-state index in [-0.39, 0.29) is 34.6 Å². The maximum Gasteiger partial charge on any atom is 0.243 e. The number of carbonyl (C=O) groups excluding carboxylic acids is 1. The zero-order valence-corrected chi connectivity index (χ0v) is 16.1. The number of nitrogens with one attached hydrogen (secondary N) is 2. The Hall–Kier alpha value is -2.17. The minimum absolute atomic E-state index is 0.0449. The molecule has 0 aromatic heterocycles. The molecule has 0 bridgehead atoms. The summed E-state index contributed by atoms with van der Waals surface area (Å²) in [6.07, 6.45) is 3.23. The summed E-state index contributed by atoms with van der Waals surface area (Å²) in [6, 6.07) is 6.11. The van der Waals surface area contributed by atoms with E-state index in [1.54, 1.807) is 12.1 Å². The smallest absolute Gasteiger partial charge is 0.243 e. The second-order valence-corrected chi connectivity index (χ2v) is 9.16. The summed E-state index contributed by atoms with van der Waals surface area (Å²) in [5.41, 5.74) is 0.502. The number of aliphatic hydroxyl groups is 1. The molecule has 0 spiro atoms. The molecule has 1 fully saturated rings. The van der Waals surface area contributed by atoms with Crippen molar-refractivity contribution < 1.29 is 18.3 Å². The van der Waals surface area contributed by atoms with Gasteiger partial charge in [0.15, 0.2) is 0 Å². The van der Waals surface area contributed by atoms with Crippen LogP contribution in [0, 0.1) is 5.41 Å². The summed E-state index contributed by atoms with van der Waals surface area (Å²) in [7, 11) is -3.47. The van der Waals surface area contributed by atoms with Crippen molar-refractivity contribution in [3.8, 4) is 0 Å². The van der Waals surface area contributed by atoms with Gasteiger partial charge in [0.1, 0.15) is 11.6 Å². The van der Waals surface area contributed by atoms with Crippen LogP contribution in [0.15, 0.2) is 46.0 Å². The Morgan fingerprint density at radius 1 is 1.26 bits per heavy atom. The first-order valence-corrected chi connectivity index (χ1v) is 10.9. The van der Waals surface area contributed by atoms with Gasteiger partial charge in [-0.3, -0.25) is 10.2 Å². The zero-order valence-electron chi connectivity index (χ0n) is 14.5. The number of dihydropyridines is 1. The summed E-state index contributed by atoms with van der Waals surface area (Å²) in [4.78, 5) is 16.2.